The maximum Gasteiger partial charge on any atom is 0.0652 e. The summed E-state index contributed by atoms with van der Waals surface area (Å²) >= 11 is 0. The summed E-state index contributed by atoms with van der Waals surface area (Å²) in [4.78, 5) is 2.28. The monoisotopic (exact) mass is 185 g/mol. The van der Waals surface area contributed by atoms with Crippen LogP contribution in [0.5, 0.6) is 0 Å². The third-order valence-corrected chi connectivity index (χ3v) is 1.80. The van der Waals surface area contributed by atoms with Crippen LogP contribution in [0, 0.1) is 0 Å². The Kier molecular flexibility index (Phi) is 5.56. The van der Waals surface area contributed by atoms with Crippen LogP contribution in [0.2, 0.25) is 0 Å². The fourth-order valence-electron chi connectivity index (χ4n) is 1.24. The summed E-state index contributed by atoms with van der Waals surface area (Å²) in [5.74, 6) is 0. The summed E-state index contributed by atoms with van der Waals surface area (Å²) in [5, 5.41) is 0. The molecule has 0 bridgehead atoms. The maximum absolute atomic E-state index is 3.79. The Morgan fingerprint density at radius 3 is 2.83 bits per heavy atom. The summed E-state index contributed by atoms with van der Waals surface area (Å²) in [5.41, 5.74) is 0. The van der Waals surface area contributed by atoms with Crippen LogP contribution in [-0.4, -0.2) is 17.5 Å². The number of nitrogens with zero attached hydrogens (tertiary/aromatic N) is 1. The first-order valence-corrected chi connectivity index (χ1v) is 4.11. The molecular weight excluding hydrogens is 170 g/mol. The fourth-order valence-corrected chi connectivity index (χ4v) is 1.24. The van der Waals surface area contributed by atoms with Crippen molar-refractivity contribution in [1.29, 1.82) is 0 Å². The minimum atomic E-state index is 0. The van der Waals surface area contributed by atoms with Crippen molar-refractivity contribution >= 4 is 12.4 Å². The molecule has 1 atom stereocenters. The van der Waals surface area contributed by atoms with E-state index in [0.717, 1.165) is 6.54 Å². The van der Waals surface area contributed by atoms with Gasteiger partial charge in [0, 0.05) is 6.54 Å². The summed E-state index contributed by atoms with van der Waals surface area (Å²) in [6, 6.07) is 0.403. The first kappa shape index (κ1) is 11.3. The SMILES string of the molecule is C=CC1C=CC=CN1CCC.Cl. The Balaban J connectivity index is 0.00000121. The van der Waals surface area contributed by atoms with Gasteiger partial charge in [-0.25, -0.2) is 0 Å². The lowest BCUT2D eigenvalue weighted by Crippen LogP contribution is -2.29. The predicted octanol–water partition coefficient (Wildman–Crippen LogP) is 2.76. The second-order valence-corrected chi connectivity index (χ2v) is 2.69. The molecule has 0 spiro atoms. The number of allylic oxidation sites excluding steroid dienone is 2. The molecule has 1 heterocycles. The van der Waals surface area contributed by atoms with Crippen molar-refractivity contribution in [2.75, 3.05) is 6.54 Å². The molecule has 0 saturated carbocycles. The Hall–Kier alpha value is -0.690. The number of rotatable bonds is 3. The van der Waals surface area contributed by atoms with Gasteiger partial charge in [0.25, 0.3) is 0 Å². The third kappa shape index (κ3) is 2.74. The zero-order valence-electron chi connectivity index (χ0n) is 7.44. The smallest absolute Gasteiger partial charge is 0.0652 e. The van der Waals surface area contributed by atoms with E-state index in [0.29, 0.717) is 6.04 Å². The molecule has 0 fully saturated rings. The minimum Gasteiger partial charge on any atom is -0.368 e. The molecule has 0 N–H and O–H groups in total. The van der Waals surface area contributed by atoms with Crippen LogP contribution in [0.25, 0.3) is 0 Å². The molecule has 0 aliphatic carbocycles. The molecule has 0 saturated heterocycles. The van der Waals surface area contributed by atoms with Gasteiger partial charge in [-0.05, 0) is 18.7 Å². The lowest BCUT2D eigenvalue weighted by molar-refractivity contribution is 0.357. The second kappa shape index (κ2) is 5.90. The Bertz CT molecular complexity index is 184. The van der Waals surface area contributed by atoms with Crippen LogP contribution >= 0.6 is 12.4 Å². The van der Waals surface area contributed by atoms with Gasteiger partial charge in [0.15, 0.2) is 0 Å². The Morgan fingerprint density at radius 1 is 1.50 bits per heavy atom. The highest BCUT2D eigenvalue weighted by atomic mass is 35.5. The van der Waals surface area contributed by atoms with Crippen LogP contribution in [0.3, 0.4) is 0 Å². The van der Waals surface area contributed by atoms with Gasteiger partial charge in [-0.15, -0.1) is 19.0 Å². The van der Waals surface area contributed by atoms with Gasteiger partial charge in [-0.3, -0.25) is 0 Å². The van der Waals surface area contributed by atoms with Crippen molar-refractivity contribution in [2.24, 2.45) is 0 Å². The van der Waals surface area contributed by atoms with Gasteiger partial charge in [-0.2, -0.15) is 0 Å². The maximum atomic E-state index is 3.79. The molecule has 0 aromatic heterocycles. The van der Waals surface area contributed by atoms with Gasteiger partial charge in [0.2, 0.25) is 0 Å². The van der Waals surface area contributed by atoms with Crippen molar-refractivity contribution in [2.45, 2.75) is 19.4 Å². The number of halogens is 1. The highest BCUT2D eigenvalue weighted by Gasteiger charge is 2.08. The topological polar surface area (TPSA) is 3.24 Å². The first-order chi connectivity index (χ1) is 5.38. The van der Waals surface area contributed by atoms with E-state index in [9.17, 15) is 0 Å². The van der Waals surface area contributed by atoms with E-state index in [1.807, 2.05) is 6.08 Å². The van der Waals surface area contributed by atoms with Crippen molar-refractivity contribution in [1.82, 2.24) is 4.90 Å². The van der Waals surface area contributed by atoms with Gasteiger partial charge < -0.3 is 4.90 Å². The number of hydrogen-bond acceptors (Lipinski definition) is 1. The van der Waals surface area contributed by atoms with Crippen molar-refractivity contribution in [3.8, 4) is 0 Å². The van der Waals surface area contributed by atoms with Gasteiger partial charge in [0.05, 0.1) is 6.04 Å². The molecule has 1 unspecified atom stereocenters. The van der Waals surface area contributed by atoms with Crippen molar-refractivity contribution in [3.05, 3.63) is 37.1 Å². The molecule has 0 amide bonds. The quantitative estimate of drug-likeness (QED) is 0.612. The van der Waals surface area contributed by atoms with Gasteiger partial charge in [0.1, 0.15) is 0 Å². The first-order valence-electron chi connectivity index (χ1n) is 4.11. The number of hydrogen-bond donors (Lipinski definition) is 0. The van der Waals surface area contributed by atoms with Crippen LogP contribution in [0.4, 0.5) is 0 Å². The summed E-state index contributed by atoms with van der Waals surface area (Å²) < 4.78 is 0. The van der Waals surface area contributed by atoms with E-state index < -0.39 is 0 Å². The Morgan fingerprint density at radius 2 is 2.25 bits per heavy atom. The molecule has 1 aliphatic rings. The molecule has 1 rings (SSSR count). The van der Waals surface area contributed by atoms with Gasteiger partial charge in [-0.1, -0.05) is 25.2 Å². The predicted molar refractivity (Wildman–Crippen MR) is 56.5 cm³/mol. The standard InChI is InChI=1S/C10H15N.ClH/c1-3-8-11-9-6-5-7-10(11)4-2;/h4-7,9-10H,2-3,8H2,1H3;1H. The zero-order chi connectivity index (χ0) is 8.10. The van der Waals surface area contributed by atoms with Gasteiger partial charge >= 0.3 is 0 Å². The van der Waals surface area contributed by atoms with Crippen LogP contribution in [0.15, 0.2) is 37.1 Å². The molecule has 0 radical (unpaired) electrons. The molecular formula is C10H16ClN. The van der Waals surface area contributed by atoms with E-state index in [-0.39, 0.29) is 12.4 Å². The molecule has 2 heteroatoms. The molecule has 68 valence electrons. The lowest BCUT2D eigenvalue weighted by atomic mass is 10.2. The molecule has 1 aliphatic heterocycles. The summed E-state index contributed by atoms with van der Waals surface area (Å²) in [7, 11) is 0. The summed E-state index contributed by atoms with van der Waals surface area (Å²) in [6.07, 6.45) is 11.6. The highest BCUT2D eigenvalue weighted by molar-refractivity contribution is 5.85. The summed E-state index contributed by atoms with van der Waals surface area (Å²) in [6.45, 7) is 7.09. The van der Waals surface area contributed by atoms with Crippen molar-refractivity contribution in [3.63, 3.8) is 0 Å². The van der Waals surface area contributed by atoms with E-state index in [1.54, 1.807) is 0 Å². The van der Waals surface area contributed by atoms with E-state index in [2.05, 4.69) is 42.8 Å². The van der Waals surface area contributed by atoms with E-state index in [4.69, 9.17) is 0 Å². The zero-order valence-corrected chi connectivity index (χ0v) is 8.26. The van der Waals surface area contributed by atoms with Crippen molar-refractivity contribution < 1.29 is 0 Å². The van der Waals surface area contributed by atoms with Crippen LogP contribution < -0.4 is 0 Å². The normalized spacial score (nSPS) is 20.4. The largest absolute Gasteiger partial charge is 0.368 e. The average molecular weight is 186 g/mol. The van der Waals surface area contributed by atoms with E-state index >= 15 is 0 Å². The lowest BCUT2D eigenvalue weighted by Gasteiger charge is -2.27. The fraction of sp³-hybridized carbons (Fsp3) is 0.400. The Labute approximate surface area is 80.9 Å². The molecule has 0 aromatic carbocycles. The highest BCUT2D eigenvalue weighted by Crippen LogP contribution is 2.09. The molecule has 12 heavy (non-hydrogen) atoms. The average Bonchev–Trinajstić information content (AvgIpc) is 2.06. The molecule has 0 aromatic rings. The van der Waals surface area contributed by atoms with Crippen LogP contribution in [0.1, 0.15) is 13.3 Å². The minimum absolute atomic E-state index is 0. The van der Waals surface area contributed by atoms with E-state index in [1.165, 1.54) is 6.42 Å². The third-order valence-electron chi connectivity index (χ3n) is 1.80. The second-order valence-electron chi connectivity index (χ2n) is 2.69. The van der Waals surface area contributed by atoms with Crippen LogP contribution in [-0.2, 0) is 0 Å². The molecule has 1 nitrogen and oxygen atoms in total.